The molecule has 3 fully saturated rings. The Morgan fingerprint density at radius 3 is 2.96 bits per heavy atom. The summed E-state index contributed by atoms with van der Waals surface area (Å²) in [6.07, 6.45) is 3.49. The minimum atomic E-state index is -0.522. The van der Waals surface area contributed by atoms with E-state index in [1.807, 2.05) is 30.0 Å². The molecule has 5 nitrogen and oxygen atoms in total. The number of nitrogens with zero attached hydrogens (tertiary/aromatic N) is 2. The smallest absolute Gasteiger partial charge is 0.223 e. The molecule has 1 aromatic heterocycles. The van der Waals surface area contributed by atoms with E-state index in [1.54, 1.807) is 0 Å². The second kappa shape index (κ2) is 5.99. The van der Waals surface area contributed by atoms with Crippen LogP contribution < -0.4 is 0 Å². The van der Waals surface area contributed by atoms with E-state index in [-0.39, 0.29) is 23.9 Å². The third-order valence-corrected chi connectivity index (χ3v) is 6.04. The molecule has 2 bridgehead atoms. The van der Waals surface area contributed by atoms with Crippen molar-refractivity contribution in [2.45, 2.75) is 69.6 Å². The number of aromatic nitrogens is 2. The molecule has 2 aromatic rings. The molecule has 3 aliphatic rings. The van der Waals surface area contributed by atoms with Crippen LogP contribution in [0.3, 0.4) is 0 Å². The van der Waals surface area contributed by atoms with Gasteiger partial charge in [-0.15, -0.1) is 0 Å². The average molecular weight is 362 g/mol. The Balaban J connectivity index is 1.49. The van der Waals surface area contributed by atoms with Crippen molar-refractivity contribution < 1.29 is 9.90 Å². The van der Waals surface area contributed by atoms with Crippen LogP contribution in [0.5, 0.6) is 0 Å². The lowest BCUT2D eigenvalue weighted by Gasteiger charge is -2.58. The Hall–Kier alpha value is -1.59. The van der Waals surface area contributed by atoms with Crippen molar-refractivity contribution >= 4 is 28.5 Å². The largest absolute Gasteiger partial charge is 0.390 e. The summed E-state index contributed by atoms with van der Waals surface area (Å²) in [6.45, 7) is 4.12. The summed E-state index contributed by atoms with van der Waals surface area (Å²) in [4.78, 5) is 22.9. The lowest BCUT2D eigenvalue weighted by Crippen LogP contribution is -2.67. The molecule has 1 aromatic carbocycles. The predicted molar refractivity (Wildman–Crippen MR) is 97.6 cm³/mol. The van der Waals surface area contributed by atoms with Gasteiger partial charge in [0.2, 0.25) is 5.91 Å². The van der Waals surface area contributed by atoms with E-state index in [1.165, 1.54) is 0 Å². The summed E-state index contributed by atoms with van der Waals surface area (Å²) >= 11 is 6.03. The van der Waals surface area contributed by atoms with Gasteiger partial charge in [-0.25, -0.2) is 4.98 Å². The van der Waals surface area contributed by atoms with Crippen LogP contribution in [-0.4, -0.2) is 43.6 Å². The highest BCUT2D eigenvalue weighted by molar-refractivity contribution is 6.31. The fourth-order valence-corrected chi connectivity index (χ4v) is 4.64. The average Bonchev–Trinajstić information content (AvgIpc) is 2.96. The molecule has 6 heteroatoms. The number of hydrogen-bond donors (Lipinski definition) is 2. The monoisotopic (exact) mass is 361 g/mol. The van der Waals surface area contributed by atoms with Crippen molar-refractivity contribution in [3.05, 3.63) is 29.0 Å². The third-order valence-electron chi connectivity index (χ3n) is 5.80. The molecule has 1 amide bonds. The third kappa shape index (κ3) is 2.93. The maximum absolute atomic E-state index is 12.9. The van der Waals surface area contributed by atoms with Gasteiger partial charge in [-0.2, -0.15) is 0 Å². The van der Waals surface area contributed by atoms with Crippen molar-refractivity contribution in [2.24, 2.45) is 0 Å². The molecular formula is C19H24ClN3O2. The molecule has 1 aliphatic carbocycles. The minimum absolute atomic E-state index is 0.0112. The number of nitrogens with one attached hydrogen (secondary N) is 1. The minimum Gasteiger partial charge on any atom is -0.390 e. The van der Waals surface area contributed by atoms with Crippen LogP contribution in [0.2, 0.25) is 5.02 Å². The molecular weight excluding hydrogens is 338 g/mol. The highest BCUT2D eigenvalue weighted by Crippen LogP contribution is 2.47. The number of halogens is 1. The summed E-state index contributed by atoms with van der Waals surface area (Å²) in [5.74, 6) is 1.00. The molecule has 2 saturated heterocycles. The standard InChI is InChI=1S/C19H24ClN3O2/c1-3-13-8-19(25)9-14(10-19)23(13)17(24)6-11(2)18-21-15-5-4-12(20)7-16(15)22-18/h4-5,7,11,13-14,25H,3,6,8-10H2,1-2H3,(H,21,22). The molecule has 5 rings (SSSR count). The molecule has 2 unspecified atom stereocenters. The van der Waals surface area contributed by atoms with Crippen LogP contribution in [0.15, 0.2) is 18.2 Å². The Bertz CT molecular complexity index is 812. The molecule has 134 valence electrons. The van der Waals surface area contributed by atoms with E-state index >= 15 is 0 Å². The second-order valence-electron chi connectivity index (χ2n) is 7.74. The molecule has 2 aliphatic heterocycles. The van der Waals surface area contributed by atoms with Crippen LogP contribution >= 0.6 is 11.6 Å². The van der Waals surface area contributed by atoms with Gasteiger partial charge in [-0.1, -0.05) is 25.4 Å². The van der Waals surface area contributed by atoms with Crippen molar-refractivity contribution in [3.8, 4) is 0 Å². The number of carbonyl (C=O) groups excluding carboxylic acids is 1. The quantitative estimate of drug-likeness (QED) is 0.873. The zero-order chi connectivity index (χ0) is 17.8. The number of carbonyl (C=O) groups is 1. The van der Waals surface area contributed by atoms with Crippen molar-refractivity contribution in [3.63, 3.8) is 0 Å². The van der Waals surface area contributed by atoms with Gasteiger partial charge in [0.25, 0.3) is 0 Å². The van der Waals surface area contributed by atoms with E-state index in [0.29, 0.717) is 17.9 Å². The molecule has 2 atom stereocenters. The fourth-order valence-electron chi connectivity index (χ4n) is 4.46. The second-order valence-corrected chi connectivity index (χ2v) is 8.18. The van der Waals surface area contributed by atoms with E-state index in [4.69, 9.17) is 11.6 Å². The van der Waals surface area contributed by atoms with Crippen molar-refractivity contribution in [1.82, 2.24) is 14.9 Å². The molecule has 0 radical (unpaired) electrons. The number of aromatic amines is 1. The molecule has 1 saturated carbocycles. The van der Waals surface area contributed by atoms with Crippen LogP contribution in [0, 0.1) is 0 Å². The Morgan fingerprint density at radius 2 is 2.24 bits per heavy atom. The molecule has 0 spiro atoms. The first-order valence-corrected chi connectivity index (χ1v) is 9.45. The lowest BCUT2D eigenvalue weighted by atomic mass is 9.66. The van der Waals surface area contributed by atoms with Crippen LogP contribution in [-0.2, 0) is 4.79 Å². The number of hydrogen-bond acceptors (Lipinski definition) is 3. The van der Waals surface area contributed by atoms with E-state index in [9.17, 15) is 9.90 Å². The van der Waals surface area contributed by atoms with Gasteiger partial charge in [0.1, 0.15) is 5.82 Å². The van der Waals surface area contributed by atoms with Gasteiger partial charge in [0.15, 0.2) is 0 Å². The van der Waals surface area contributed by atoms with Gasteiger partial charge >= 0.3 is 0 Å². The normalized spacial score (nSPS) is 29.5. The maximum Gasteiger partial charge on any atom is 0.223 e. The summed E-state index contributed by atoms with van der Waals surface area (Å²) < 4.78 is 0. The summed E-state index contributed by atoms with van der Waals surface area (Å²) in [7, 11) is 0. The molecule has 2 N–H and O–H groups in total. The van der Waals surface area contributed by atoms with Crippen LogP contribution in [0.4, 0.5) is 0 Å². The molecule has 25 heavy (non-hydrogen) atoms. The maximum atomic E-state index is 12.9. The fraction of sp³-hybridized carbons (Fsp3) is 0.579. The van der Waals surface area contributed by atoms with Gasteiger partial charge < -0.3 is 15.0 Å². The number of benzene rings is 1. The summed E-state index contributed by atoms with van der Waals surface area (Å²) in [6, 6.07) is 5.93. The number of rotatable bonds is 4. The van der Waals surface area contributed by atoms with E-state index in [0.717, 1.165) is 36.1 Å². The highest BCUT2D eigenvalue weighted by Gasteiger charge is 2.54. The van der Waals surface area contributed by atoms with E-state index in [2.05, 4.69) is 16.9 Å². The number of H-pyrrole nitrogens is 1. The predicted octanol–water partition coefficient (Wildman–Crippen LogP) is 3.61. The number of imidazole rings is 1. The van der Waals surface area contributed by atoms with E-state index < -0.39 is 5.60 Å². The van der Waals surface area contributed by atoms with Gasteiger partial charge in [0, 0.05) is 29.4 Å². The first-order chi connectivity index (χ1) is 11.9. The highest BCUT2D eigenvalue weighted by atomic mass is 35.5. The number of amides is 1. The Labute approximate surface area is 152 Å². The number of aliphatic hydroxyl groups is 1. The topological polar surface area (TPSA) is 69.2 Å². The Morgan fingerprint density at radius 1 is 1.48 bits per heavy atom. The first kappa shape index (κ1) is 16.9. The number of piperidine rings is 2. The van der Waals surface area contributed by atoms with Crippen LogP contribution in [0.25, 0.3) is 11.0 Å². The number of fused-ring (bicyclic) bond motifs is 3. The van der Waals surface area contributed by atoms with Gasteiger partial charge in [0.05, 0.1) is 16.6 Å². The van der Waals surface area contributed by atoms with Gasteiger partial charge in [-0.05, 0) is 43.9 Å². The van der Waals surface area contributed by atoms with Gasteiger partial charge in [-0.3, -0.25) is 4.79 Å². The van der Waals surface area contributed by atoms with Crippen molar-refractivity contribution in [1.29, 1.82) is 0 Å². The zero-order valence-corrected chi connectivity index (χ0v) is 15.4. The SMILES string of the molecule is CCC1CC2(O)CC(C2)N1C(=O)CC(C)c1nc2ccc(Cl)cc2[nH]1. The lowest BCUT2D eigenvalue weighted by molar-refractivity contribution is -0.178. The summed E-state index contributed by atoms with van der Waals surface area (Å²) in [5, 5.41) is 11.0. The Kier molecular flexibility index (Phi) is 4.04. The van der Waals surface area contributed by atoms with Crippen molar-refractivity contribution in [2.75, 3.05) is 0 Å². The summed E-state index contributed by atoms with van der Waals surface area (Å²) in [5.41, 5.74) is 1.24. The first-order valence-electron chi connectivity index (χ1n) is 9.07. The molecule has 3 heterocycles. The van der Waals surface area contributed by atoms with Crippen LogP contribution in [0.1, 0.15) is 57.7 Å². The zero-order valence-electron chi connectivity index (χ0n) is 14.6.